The highest BCUT2D eigenvalue weighted by Gasteiger charge is 2.41. The van der Waals surface area contributed by atoms with Crippen molar-refractivity contribution in [1.82, 2.24) is 9.80 Å². The maximum absolute atomic E-state index is 10.9. The zero-order chi connectivity index (χ0) is 13.4. The molecule has 2 aliphatic heterocycles. The van der Waals surface area contributed by atoms with Gasteiger partial charge in [-0.1, -0.05) is 0 Å². The molecule has 0 spiro atoms. The second-order valence-corrected chi connectivity index (χ2v) is 6.77. The lowest BCUT2D eigenvalue weighted by Crippen LogP contribution is -2.44. The lowest BCUT2D eigenvalue weighted by Gasteiger charge is -2.36. The smallest absolute Gasteiger partial charge is 0.303 e. The van der Waals surface area contributed by atoms with Gasteiger partial charge in [-0.25, -0.2) is 0 Å². The van der Waals surface area contributed by atoms with Crippen LogP contribution in [0.25, 0.3) is 0 Å². The standard InChI is InChI=1S/C15H26N2O2/c1-11-7-14(10-17(11)13-4-5-13)16-6-2-3-12(9-16)8-15(18)19/h11-14H,2-10H2,1H3,(H,18,19). The third-order valence-corrected chi connectivity index (χ3v) is 5.15. The molecule has 1 aliphatic carbocycles. The monoisotopic (exact) mass is 266 g/mol. The summed E-state index contributed by atoms with van der Waals surface area (Å²) in [5.41, 5.74) is 0. The van der Waals surface area contributed by atoms with Crippen LogP contribution in [0.3, 0.4) is 0 Å². The molecule has 0 aromatic carbocycles. The van der Waals surface area contributed by atoms with Crippen molar-refractivity contribution in [2.24, 2.45) is 5.92 Å². The van der Waals surface area contributed by atoms with E-state index in [-0.39, 0.29) is 0 Å². The molecule has 0 bridgehead atoms. The quantitative estimate of drug-likeness (QED) is 0.842. The van der Waals surface area contributed by atoms with E-state index in [1.807, 2.05) is 0 Å². The Kier molecular flexibility index (Phi) is 3.81. The molecule has 2 saturated heterocycles. The molecule has 1 N–H and O–H groups in total. The van der Waals surface area contributed by atoms with Crippen molar-refractivity contribution in [2.75, 3.05) is 19.6 Å². The number of nitrogens with zero attached hydrogens (tertiary/aromatic N) is 2. The summed E-state index contributed by atoms with van der Waals surface area (Å²) >= 11 is 0. The molecule has 3 atom stereocenters. The van der Waals surface area contributed by atoms with Crippen LogP contribution in [0.4, 0.5) is 0 Å². The van der Waals surface area contributed by atoms with Crippen molar-refractivity contribution in [2.45, 2.75) is 63.6 Å². The van der Waals surface area contributed by atoms with Crippen LogP contribution in [0.1, 0.15) is 45.4 Å². The summed E-state index contributed by atoms with van der Waals surface area (Å²) in [4.78, 5) is 16.1. The molecule has 4 nitrogen and oxygen atoms in total. The van der Waals surface area contributed by atoms with Crippen LogP contribution in [0.2, 0.25) is 0 Å². The Balaban J connectivity index is 1.55. The Hall–Kier alpha value is -0.610. The summed E-state index contributed by atoms with van der Waals surface area (Å²) in [7, 11) is 0. The third-order valence-electron chi connectivity index (χ3n) is 5.15. The second kappa shape index (κ2) is 5.41. The van der Waals surface area contributed by atoms with Crippen LogP contribution >= 0.6 is 0 Å². The van der Waals surface area contributed by atoms with Crippen molar-refractivity contribution in [3.05, 3.63) is 0 Å². The number of likely N-dealkylation sites (tertiary alicyclic amines) is 2. The minimum atomic E-state index is -0.633. The van der Waals surface area contributed by atoms with Gasteiger partial charge in [-0.2, -0.15) is 0 Å². The molecule has 0 amide bonds. The van der Waals surface area contributed by atoms with E-state index in [1.165, 1.54) is 38.8 Å². The molecule has 2 heterocycles. The van der Waals surface area contributed by atoms with Crippen LogP contribution in [0.15, 0.2) is 0 Å². The summed E-state index contributed by atoms with van der Waals surface area (Å²) in [6, 6.07) is 2.25. The molecule has 0 aromatic heterocycles. The summed E-state index contributed by atoms with van der Waals surface area (Å²) in [6.07, 6.45) is 6.67. The van der Waals surface area contributed by atoms with E-state index in [0.29, 0.717) is 18.4 Å². The highest BCUT2D eigenvalue weighted by molar-refractivity contribution is 5.67. The van der Waals surface area contributed by atoms with Gasteiger partial charge < -0.3 is 5.11 Å². The lowest BCUT2D eigenvalue weighted by molar-refractivity contribution is -0.138. The van der Waals surface area contributed by atoms with E-state index in [1.54, 1.807) is 0 Å². The Labute approximate surface area is 115 Å². The fourth-order valence-corrected chi connectivity index (χ4v) is 4.05. The Morgan fingerprint density at radius 3 is 2.68 bits per heavy atom. The maximum atomic E-state index is 10.9. The van der Waals surface area contributed by atoms with Crippen molar-refractivity contribution in [1.29, 1.82) is 0 Å². The first-order valence-corrected chi connectivity index (χ1v) is 7.85. The molecular weight excluding hydrogens is 240 g/mol. The van der Waals surface area contributed by atoms with Gasteiger partial charge in [0.25, 0.3) is 0 Å². The predicted octanol–water partition coefficient (Wildman–Crippen LogP) is 1.80. The number of piperidine rings is 1. The molecule has 1 saturated carbocycles. The van der Waals surface area contributed by atoms with Crippen molar-refractivity contribution in [3.63, 3.8) is 0 Å². The van der Waals surface area contributed by atoms with Gasteiger partial charge in [0.15, 0.2) is 0 Å². The molecule has 19 heavy (non-hydrogen) atoms. The molecule has 3 rings (SSSR count). The second-order valence-electron chi connectivity index (χ2n) is 6.77. The Morgan fingerprint density at radius 1 is 1.21 bits per heavy atom. The van der Waals surface area contributed by atoms with E-state index >= 15 is 0 Å². The minimum Gasteiger partial charge on any atom is -0.481 e. The molecule has 3 aliphatic rings. The highest BCUT2D eigenvalue weighted by Crippen LogP contribution is 2.35. The van der Waals surface area contributed by atoms with Crippen molar-refractivity contribution >= 4 is 5.97 Å². The first-order chi connectivity index (χ1) is 9.13. The zero-order valence-corrected chi connectivity index (χ0v) is 11.9. The predicted molar refractivity (Wildman–Crippen MR) is 74.1 cm³/mol. The molecule has 0 radical (unpaired) electrons. The van der Waals surface area contributed by atoms with Gasteiger partial charge in [0.05, 0.1) is 0 Å². The van der Waals surface area contributed by atoms with Gasteiger partial charge in [-0.3, -0.25) is 14.6 Å². The van der Waals surface area contributed by atoms with E-state index < -0.39 is 5.97 Å². The highest BCUT2D eigenvalue weighted by atomic mass is 16.4. The number of hydrogen-bond donors (Lipinski definition) is 1. The van der Waals surface area contributed by atoms with E-state index in [4.69, 9.17) is 5.11 Å². The largest absolute Gasteiger partial charge is 0.481 e. The summed E-state index contributed by atoms with van der Waals surface area (Å²) in [5, 5.41) is 8.96. The summed E-state index contributed by atoms with van der Waals surface area (Å²) in [6.45, 7) is 5.75. The Bertz CT molecular complexity index is 343. The number of carboxylic acid groups (broad SMARTS) is 1. The van der Waals surface area contributed by atoms with Crippen LogP contribution < -0.4 is 0 Å². The average molecular weight is 266 g/mol. The van der Waals surface area contributed by atoms with E-state index in [2.05, 4.69) is 16.7 Å². The van der Waals surface area contributed by atoms with Crippen LogP contribution in [-0.2, 0) is 4.79 Å². The SMILES string of the molecule is CC1CC(N2CCCC(CC(=O)O)C2)CN1C1CC1. The van der Waals surface area contributed by atoms with Crippen molar-refractivity contribution < 1.29 is 9.90 Å². The topological polar surface area (TPSA) is 43.8 Å². The lowest BCUT2D eigenvalue weighted by atomic mass is 9.93. The molecule has 108 valence electrons. The van der Waals surface area contributed by atoms with Gasteiger partial charge in [0, 0.05) is 37.6 Å². The molecule has 3 fully saturated rings. The zero-order valence-electron chi connectivity index (χ0n) is 11.9. The summed E-state index contributed by atoms with van der Waals surface area (Å²) in [5.74, 6) is -0.261. The molecule has 0 aromatic rings. The fourth-order valence-electron chi connectivity index (χ4n) is 4.05. The van der Waals surface area contributed by atoms with Gasteiger partial charge in [-0.15, -0.1) is 0 Å². The third kappa shape index (κ3) is 3.11. The number of hydrogen-bond acceptors (Lipinski definition) is 3. The minimum absolute atomic E-state index is 0.352. The first-order valence-electron chi connectivity index (χ1n) is 7.85. The van der Waals surface area contributed by atoms with Crippen LogP contribution in [-0.4, -0.2) is 58.6 Å². The van der Waals surface area contributed by atoms with Crippen molar-refractivity contribution in [3.8, 4) is 0 Å². The summed E-state index contributed by atoms with van der Waals surface area (Å²) < 4.78 is 0. The first kappa shape index (κ1) is 13.4. The molecule has 4 heteroatoms. The normalized spacial score (nSPS) is 37.6. The van der Waals surface area contributed by atoms with E-state index in [0.717, 1.165) is 25.0 Å². The number of carboxylic acids is 1. The number of carbonyl (C=O) groups is 1. The number of aliphatic carboxylic acids is 1. The van der Waals surface area contributed by atoms with Crippen LogP contribution in [0.5, 0.6) is 0 Å². The van der Waals surface area contributed by atoms with Gasteiger partial charge in [0.1, 0.15) is 0 Å². The Morgan fingerprint density at radius 2 is 2.00 bits per heavy atom. The maximum Gasteiger partial charge on any atom is 0.303 e. The van der Waals surface area contributed by atoms with E-state index in [9.17, 15) is 4.79 Å². The number of rotatable bonds is 4. The average Bonchev–Trinajstić information content (AvgIpc) is 3.12. The molecular formula is C15H26N2O2. The van der Waals surface area contributed by atoms with Gasteiger partial charge in [-0.05, 0) is 51.5 Å². The molecule has 3 unspecified atom stereocenters. The van der Waals surface area contributed by atoms with Gasteiger partial charge in [0.2, 0.25) is 0 Å². The fraction of sp³-hybridized carbons (Fsp3) is 0.933. The van der Waals surface area contributed by atoms with Crippen LogP contribution in [0, 0.1) is 5.92 Å². The van der Waals surface area contributed by atoms with Gasteiger partial charge >= 0.3 is 5.97 Å².